The van der Waals surface area contributed by atoms with Crippen LogP contribution < -0.4 is 5.32 Å². The van der Waals surface area contributed by atoms with Crippen molar-refractivity contribution in [2.45, 2.75) is 13.0 Å². The van der Waals surface area contributed by atoms with E-state index < -0.39 is 0 Å². The summed E-state index contributed by atoms with van der Waals surface area (Å²) in [5.74, 6) is 0.731. The summed E-state index contributed by atoms with van der Waals surface area (Å²) in [4.78, 5) is 11.7. The van der Waals surface area contributed by atoms with Gasteiger partial charge in [0.2, 0.25) is 0 Å². The maximum absolute atomic E-state index is 11.7. The smallest absolute Gasteiger partial charge is 0.273 e. The molecule has 2 rings (SSSR count). The number of carbonyl (C=O) groups excluding carboxylic acids is 1. The molecule has 94 valence electrons. The third kappa shape index (κ3) is 3.28. The lowest BCUT2D eigenvalue weighted by atomic mass is 10.1. The van der Waals surface area contributed by atoms with E-state index in [-0.39, 0.29) is 11.6 Å². The maximum atomic E-state index is 11.7. The van der Waals surface area contributed by atoms with Gasteiger partial charge < -0.3 is 19.3 Å². The lowest BCUT2D eigenvalue weighted by molar-refractivity contribution is 0.0935. The summed E-state index contributed by atoms with van der Waals surface area (Å²) in [6.45, 7) is 2.43. The first kappa shape index (κ1) is 12.1. The van der Waals surface area contributed by atoms with Crippen LogP contribution in [0.15, 0.2) is 10.6 Å². The minimum Gasteiger partial charge on any atom is -0.381 e. The first-order valence-electron chi connectivity index (χ1n) is 5.60. The molecule has 6 nitrogen and oxygen atoms in total. The highest BCUT2D eigenvalue weighted by atomic mass is 16.5. The molecule has 0 radical (unpaired) electrons. The zero-order valence-electron chi connectivity index (χ0n) is 9.77. The minimum atomic E-state index is -0.219. The quantitative estimate of drug-likeness (QED) is 0.815. The minimum absolute atomic E-state index is 0.219. The number of aromatic nitrogens is 1. The van der Waals surface area contributed by atoms with Crippen molar-refractivity contribution in [3.63, 3.8) is 0 Å². The van der Waals surface area contributed by atoms with Gasteiger partial charge in [-0.25, -0.2) is 0 Å². The van der Waals surface area contributed by atoms with Crippen LogP contribution in [0.25, 0.3) is 0 Å². The molecule has 1 unspecified atom stereocenters. The first-order valence-corrected chi connectivity index (χ1v) is 5.60. The van der Waals surface area contributed by atoms with Gasteiger partial charge in [-0.2, -0.15) is 0 Å². The zero-order valence-corrected chi connectivity index (χ0v) is 9.77. The molecule has 6 heteroatoms. The number of nitrogens with zero attached hydrogens (tertiary/aromatic N) is 1. The molecule has 0 aromatic carbocycles. The van der Waals surface area contributed by atoms with Crippen LogP contribution in [0.4, 0.5) is 0 Å². The summed E-state index contributed by atoms with van der Waals surface area (Å²) in [7, 11) is 1.56. The Hall–Kier alpha value is -1.40. The van der Waals surface area contributed by atoms with Crippen molar-refractivity contribution in [1.82, 2.24) is 10.5 Å². The Bertz CT molecular complexity index is 371. The van der Waals surface area contributed by atoms with Crippen molar-refractivity contribution >= 4 is 5.91 Å². The van der Waals surface area contributed by atoms with Gasteiger partial charge in [-0.15, -0.1) is 0 Å². The number of carbonyl (C=O) groups is 1. The number of rotatable bonds is 5. The van der Waals surface area contributed by atoms with Gasteiger partial charge >= 0.3 is 0 Å². The number of hydrogen-bond acceptors (Lipinski definition) is 5. The van der Waals surface area contributed by atoms with Crippen molar-refractivity contribution in [3.8, 4) is 0 Å². The maximum Gasteiger partial charge on any atom is 0.273 e. The van der Waals surface area contributed by atoms with Gasteiger partial charge in [0.1, 0.15) is 6.61 Å². The van der Waals surface area contributed by atoms with E-state index in [0.717, 1.165) is 13.0 Å². The number of amides is 1. The molecule has 1 N–H and O–H groups in total. The molecule has 1 aromatic heterocycles. The van der Waals surface area contributed by atoms with Crippen LogP contribution in [-0.2, 0) is 16.1 Å². The first-order chi connectivity index (χ1) is 8.29. The Morgan fingerprint density at radius 3 is 3.29 bits per heavy atom. The van der Waals surface area contributed by atoms with E-state index in [1.807, 2.05) is 0 Å². The van der Waals surface area contributed by atoms with Crippen molar-refractivity contribution in [1.29, 1.82) is 0 Å². The van der Waals surface area contributed by atoms with E-state index >= 15 is 0 Å². The number of ether oxygens (including phenoxy) is 2. The topological polar surface area (TPSA) is 73.6 Å². The fourth-order valence-electron chi connectivity index (χ4n) is 1.70. The van der Waals surface area contributed by atoms with E-state index in [0.29, 0.717) is 31.4 Å². The molecule has 0 bridgehead atoms. The average Bonchev–Trinajstić information content (AvgIpc) is 2.97. The SMILES string of the molecule is COCc1cc(C(=O)NCC2CCOC2)no1. The fourth-order valence-corrected chi connectivity index (χ4v) is 1.70. The van der Waals surface area contributed by atoms with Gasteiger partial charge in [0.15, 0.2) is 11.5 Å². The predicted molar refractivity (Wildman–Crippen MR) is 58.5 cm³/mol. The summed E-state index contributed by atoms with van der Waals surface area (Å²) < 4.78 is 15.0. The Balaban J connectivity index is 1.81. The molecule has 1 aliphatic heterocycles. The molecule has 0 aliphatic carbocycles. The summed E-state index contributed by atoms with van der Waals surface area (Å²) in [5.41, 5.74) is 0.288. The second kappa shape index (κ2) is 5.79. The monoisotopic (exact) mass is 240 g/mol. The van der Waals surface area contributed by atoms with Crippen LogP contribution in [-0.4, -0.2) is 37.9 Å². The molecule has 2 heterocycles. The molecular weight excluding hydrogens is 224 g/mol. The molecule has 1 amide bonds. The highest BCUT2D eigenvalue weighted by Crippen LogP contribution is 2.11. The van der Waals surface area contributed by atoms with Gasteiger partial charge in [-0.3, -0.25) is 4.79 Å². The normalized spacial score (nSPS) is 19.5. The Kier molecular flexibility index (Phi) is 4.11. The zero-order chi connectivity index (χ0) is 12.1. The molecule has 0 saturated carbocycles. The van der Waals surface area contributed by atoms with E-state index in [1.54, 1.807) is 13.2 Å². The van der Waals surface area contributed by atoms with E-state index in [1.165, 1.54) is 0 Å². The standard InChI is InChI=1S/C11H16N2O4/c1-15-7-9-4-10(13-17-9)11(14)12-5-8-2-3-16-6-8/h4,8H,2-3,5-7H2,1H3,(H,12,14). The van der Waals surface area contributed by atoms with Gasteiger partial charge in [-0.05, 0) is 6.42 Å². The van der Waals surface area contributed by atoms with Crippen LogP contribution in [0.5, 0.6) is 0 Å². The van der Waals surface area contributed by atoms with E-state index in [4.69, 9.17) is 14.0 Å². The van der Waals surface area contributed by atoms with Gasteiger partial charge in [0.05, 0.1) is 6.61 Å². The predicted octanol–water partition coefficient (Wildman–Crippen LogP) is 0.587. The number of nitrogens with one attached hydrogen (secondary N) is 1. The van der Waals surface area contributed by atoms with Crippen LogP contribution in [0, 0.1) is 5.92 Å². The Morgan fingerprint density at radius 1 is 1.71 bits per heavy atom. The number of methoxy groups -OCH3 is 1. The Morgan fingerprint density at radius 2 is 2.59 bits per heavy atom. The molecule has 1 aromatic rings. The lowest BCUT2D eigenvalue weighted by Gasteiger charge is -2.07. The molecule has 0 spiro atoms. The third-order valence-electron chi connectivity index (χ3n) is 2.65. The number of hydrogen-bond donors (Lipinski definition) is 1. The van der Waals surface area contributed by atoms with Crippen LogP contribution in [0.3, 0.4) is 0 Å². The second-order valence-electron chi connectivity index (χ2n) is 4.05. The molecule has 1 atom stereocenters. The summed E-state index contributed by atoms with van der Waals surface area (Å²) in [6, 6.07) is 1.59. The second-order valence-corrected chi connectivity index (χ2v) is 4.05. The summed E-state index contributed by atoms with van der Waals surface area (Å²) >= 11 is 0. The van der Waals surface area contributed by atoms with Crippen molar-refractivity contribution in [3.05, 3.63) is 17.5 Å². The van der Waals surface area contributed by atoms with Crippen LogP contribution in [0.2, 0.25) is 0 Å². The van der Waals surface area contributed by atoms with Gasteiger partial charge in [0.25, 0.3) is 5.91 Å². The highest BCUT2D eigenvalue weighted by Gasteiger charge is 2.18. The molecular formula is C11H16N2O4. The summed E-state index contributed by atoms with van der Waals surface area (Å²) in [5, 5.41) is 6.50. The molecule has 1 fully saturated rings. The summed E-state index contributed by atoms with van der Waals surface area (Å²) in [6.07, 6.45) is 0.994. The fraction of sp³-hybridized carbons (Fsp3) is 0.636. The average molecular weight is 240 g/mol. The van der Waals surface area contributed by atoms with E-state index in [2.05, 4.69) is 10.5 Å². The molecule has 17 heavy (non-hydrogen) atoms. The van der Waals surface area contributed by atoms with Crippen LogP contribution in [0.1, 0.15) is 22.7 Å². The third-order valence-corrected chi connectivity index (χ3v) is 2.65. The van der Waals surface area contributed by atoms with Crippen molar-refractivity contribution in [2.24, 2.45) is 5.92 Å². The lowest BCUT2D eigenvalue weighted by Crippen LogP contribution is -2.29. The van der Waals surface area contributed by atoms with Gasteiger partial charge in [0, 0.05) is 32.2 Å². The molecule has 1 aliphatic rings. The molecule has 1 saturated heterocycles. The van der Waals surface area contributed by atoms with Gasteiger partial charge in [-0.1, -0.05) is 5.16 Å². The Labute approximate surface area is 99.2 Å². The highest BCUT2D eigenvalue weighted by molar-refractivity contribution is 5.92. The van der Waals surface area contributed by atoms with Crippen LogP contribution >= 0.6 is 0 Å². The largest absolute Gasteiger partial charge is 0.381 e. The van der Waals surface area contributed by atoms with Crippen molar-refractivity contribution in [2.75, 3.05) is 26.9 Å². The van der Waals surface area contributed by atoms with Crippen molar-refractivity contribution < 1.29 is 18.8 Å². The van der Waals surface area contributed by atoms with E-state index in [9.17, 15) is 4.79 Å².